The Hall–Kier alpha value is -1.67. The van der Waals surface area contributed by atoms with Crippen LogP contribution in [0.15, 0.2) is 35.4 Å². The fourth-order valence-corrected chi connectivity index (χ4v) is 2.81. The molecule has 0 amide bonds. The monoisotopic (exact) mass is 307 g/mol. The molecule has 8 nitrogen and oxygen atoms in total. The summed E-state index contributed by atoms with van der Waals surface area (Å²) in [5.41, 5.74) is 9.56. The van der Waals surface area contributed by atoms with Gasteiger partial charge >= 0.3 is 0 Å². The van der Waals surface area contributed by atoms with E-state index in [0.29, 0.717) is 0 Å². The summed E-state index contributed by atoms with van der Waals surface area (Å²) in [6.07, 6.45) is -3.70. The zero-order chi connectivity index (χ0) is 15.5. The summed E-state index contributed by atoms with van der Waals surface area (Å²) in [7, 11) is 0. The Bertz CT molecular complexity index is 551. The molecule has 0 saturated carbocycles. The van der Waals surface area contributed by atoms with Crippen molar-refractivity contribution in [2.75, 3.05) is 13.2 Å². The van der Waals surface area contributed by atoms with Gasteiger partial charge in [-0.15, -0.1) is 0 Å². The van der Waals surface area contributed by atoms with E-state index in [0.717, 1.165) is 5.56 Å². The third-order valence-electron chi connectivity index (χ3n) is 3.91. The van der Waals surface area contributed by atoms with E-state index in [9.17, 15) is 10.2 Å². The molecule has 22 heavy (non-hydrogen) atoms. The zero-order valence-electron chi connectivity index (χ0n) is 11.7. The highest BCUT2D eigenvalue weighted by Crippen LogP contribution is 2.35. The Labute approximate surface area is 126 Å². The zero-order valence-corrected chi connectivity index (χ0v) is 11.7. The Morgan fingerprint density at radius 2 is 2.05 bits per heavy atom. The predicted octanol–water partition coefficient (Wildman–Crippen LogP) is 0.900. The first-order valence-electron chi connectivity index (χ1n) is 7.05. The second-order valence-electron chi connectivity index (χ2n) is 5.26. The van der Waals surface area contributed by atoms with Gasteiger partial charge in [-0.1, -0.05) is 35.4 Å². The van der Waals surface area contributed by atoms with Crippen molar-refractivity contribution in [3.63, 3.8) is 0 Å². The van der Waals surface area contributed by atoms with E-state index in [4.69, 9.17) is 19.7 Å². The Balaban J connectivity index is 1.82. The minimum absolute atomic E-state index is 0.227. The van der Waals surface area contributed by atoms with Crippen LogP contribution in [0.5, 0.6) is 0 Å². The van der Waals surface area contributed by atoms with Gasteiger partial charge in [0.25, 0.3) is 0 Å². The van der Waals surface area contributed by atoms with Crippen LogP contribution < -0.4 is 0 Å². The largest absolute Gasteiger partial charge is 0.394 e. The number of nitrogens with zero attached hydrogens (tertiary/aromatic N) is 3. The van der Waals surface area contributed by atoms with E-state index < -0.39 is 36.7 Å². The van der Waals surface area contributed by atoms with Crippen molar-refractivity contribution in [2.45, 2.75) is 36.7 Å². The lowest BCUT2D eigenvalue weighted by Crippen LogP contribution is -2.61. The number of ether oxygens (including phenoxy) is 3. The lowest BCUT2D eigenvalue weighted by atomic mass is 9.92. The Kier molecular flexibility index (Phi) is 4.58. The van der Waals surface area contributed by atoms with Crippen molar-refractivity contribution in [1.29, 1.82) is 0 Å². The summed E-state index contributed by atoms with van der Waals surface area (Å²) in [5, 5.41) is 23.1. The lowest BCUT2D eigenvalue weighted by molar-refractivity contribution is -0.309. The van der Waals surface area contributed by atoms with E-state index in [-0.39, 0.29) is 13.2 Å². The summed E-state index contributed by atoms with van der Waals surface area (Å²) in [6, 6.07) is 8.52. The van der Waals surface area contributed by atoms with Crippen LogP contribution in [-0.2, 0) is 14.2 Å². The number of hydrogen-bond acceptors (Lipinski definition) is 6. The van der Waals surface area contributed by atoms with Crippen LogP contribution >= 0.6 is 0 Å². The molecule has 0 radical (unpaired) electrons. The number of hydrogen-bond donors (Lipinski definition) is 2. The van der Waals surface area contributed by atoms with Crippen LogP contribution in [0.2, 0.25) is 0 Å². The molecule has 2 aliphatic heterocycles. The number of benzene rings is 1. The van der Waals surface area contributed by atoms with Gasteiger partial charge in [-0.25, -0.2) is 0 Å². The molecule has 3 rings (SSSR count). The second kappa shape index (κ2) is 6.62. The van der Waals surface area contributed by atoms with Gasteiger partial charge < -0.3 is 24.4 Å². The number of rotatable bonds is 3. The molecular formula is C14H17N3O5. The molecule has 2 heterocycles. The van der Waals surface area contributed by atoms with Crippen molar-refractivity contribution >= 4 is 0 Å². The quantitative estimate of drug-likeness (QED) is 0.489. The number of fused-ring (bicyclic) bond motifs is 1. The first-order chi connectivity index (χ1) is 10.7. The molecule has 8 heteroatoms. The molecular weight excluding hydrogens is 290 g/mol. The predicted molar refractivity (Wildman–Crippen MR) is 74.7 cm³/mol. The smallest absolute Gasteiger partial charge is 0.184 e. The molecule has 0 aromatic heterocycles. The van der Waals surface area contributed by atoms with Crippen molar-refractivity contribution in [1.82, 2.24) is 0 Å². The first kappa shape index (κ1) is 15.2. The van der Waals surface area contributed by atoms with E-state index in [1.807, 2.05) is 30.3 Å². The van der Waals surface area contributed by atoms with E-state index >= 15 is 0 Å². The molecule has 1 aromatic carbocycles. The Morgan fingerprint density at radius 3 is 2.73 bits per heavy atom. The van der Waals surface area contributed by atoms with Gasteiger partial charge in [0.05, 0.1) is 25.4 Å². The van der Waals surface area contributed by atoms with E-state index in [2.05, 4.69) is 10.0 Å². The summed E-state index contributed by atoms with van der Waals surface area (Å²) >= 11 is 0. The van der Waals surface area contributed by atoms with Gasteiger partial charge in [-0.2, -0.15) is 0 Å². The van der Waals surface area contributed by atoms with Crippen molar-refractivity contribution in [3.8, 4) is 0 Å². The topological polar surface area (TPSA) is 117 Å². The molecule has 0 aliphatic carbocycles. The minimum Gasteiger partial charge on any atom is -0.394 e. The SMILES string of the molecule is [N-]=[N+]=N[C@@H]1[C@@H](O)[C@H](CO)O[C@@H]2COC(c3ccccc3)O[C@H]12. The average molecular weight is 307 g/mol. The third-order valence-corrected chi connectivity index (χ3v) is 3.91. The Morgan fingerprint density at radius 1 is 1.27 bits per heavy atom. The van der Waals surface area contributed by atoms with Crippen LogP contribution in [0.25, 0.3) is 10.4 Å². The van der Waals surface area contributed by atoms with Gasteiger partial charge in [0.1, 0.15) is 18.3 Å². The highest BCUT2D eigenvalue weighted by Gasteiger charge is 2.48. The molecule has 1 aromatic rings. The fourth-order valence-electron chi connectivity index (χ4n) is 2.81. The van der Waals surface area contributed by atoms with E-state index in [1.165, 1.54) is 0 Å². The lowest BCUT2D eigenvalue weighted by Gasteiger charge is -2.46. The van der Waals surface area contributed by atoms with Gasteiger partial charge in [0, 0.05) is 10.5 Å². The first-order valence-corrected chi connectivity index (χ1v) is 7.05. The van der Waals surface area contributed by atoms with E-state index in [1.54, 1.807) is 0 Å². The highest BCUT2D eigenvalue weighted by molar-refractivity contribution is 5.17. The maximum Gasteiger partial charge on any atom is 0.184 e. The molecule has 2 N–H and O–H groups in total. The van der Waals surface area contributed by atoms with Crippen LogP contribution in [0.4, 0.5) is 0 Å². The minimum atomic E-state index is -1.13. The van der Waals surface area contributed by atoms with Crippen LogP contribution in [0.3, 0.4) is 0 Å². The molecule has 0 bridgehead atoms. The molecule has 2 saturated heterocycles. The number of aliphatic hydroxyl groups excluding tert-OH is 2. The molecule has 118 valence electrons. The van der Waals surface area contributed by atoms with Crippen molar-refractivity contribution in [3.05, 3.63) is 46.3 Å². The van der Waals surface area contributed by atoms with Gasteiger partial charge in [0.15, 0.2) is 6.29 Å². The van der Waals surface area contributed by atoms with Gasteiger partial charge in [0.2, 0.25) is 0 Å². The van der Waals surface area contributed by atoms with Crippen molar-refractivity contribution < 1.29 is 24.4 Å². The molecule has 2 fully saturated rings. The molecule has 6 atom stereocenters. The second-order valence-corrected chi connectivity index (χ2v) is 5.26. The molecule has 1 unspecified atom stereocenters. The molecule has 0 spiro atoms. The number of aliphatic hydroxyl groups is 2. The van der Waals surface area contributed by atoms with Crippen molar-refractivity contribution in [2.24, 2.45) is 5.11 Å². The van der Waals surface area contributed by atoms with Crippen LogP contribution in [0.1, 0.15) is 11.9 Å². The molecule has 2 aliphatic rings. The van der Waals surface area contributed by atoms with Crippen LogP contribution in [-0.4, -0.2) is 53.9 Å². The van der Waals surface area contributed by atoms with Gasteiger partial charge in [-0.05, 0) is 5.53 Å². The summed E-state index contributed by atoms with van der Waals surface area (Å²) in [5.74, 6) is 0. The third kappa shape index (κ3) is 2.80. The normalized spacial score (nSPS) is 37.9. The summed E-state index contributed by atoms with van der Waals surface area (Å²) in [6.45, 7) is -0.144. The fraction of sp³-hybridized carbons (Fsp3) is 0.571. The highest BCUT2D eigenvalue weighted by atomic mass is 16.7. The van der Waals surface area contributed by atoms with Crippen LogP contribution in [0, 0.1) is 0 Å². The number of azide groups is 1. The summed E-state index contributed by atoms with van der Waals surface area (Å²) in [4.78, 5) is 2.77. The standard InChI is InChI=1S/C14H17N3O5/c15-17-16-11-12(19)9(6-18)21-10-7-20-14(22-13(10)11)8-4-2-1-3-5-8/h1-5,9-14,18-19H,6-7H2/t9-,10+,11+,12-,13-,14?/m0/s1. The maximum absolute atomic E-state index is 10.2. The maximum atomic E-state index is 10.2. The van der Waals surface area contributed by atoms with Gasteiger partial charge in [-0.3, -0.25) is 0 Å². The average Bonchev–Trinajstić information content (AvgIpc) is 2.57. The summed E-state index contributed by atoms with van der Waals surface area (Å²) < 4.78 is 17.1.